The highest BCUT2D eigenvalue weighted by Crippen LogP contribution is 2.29. The topological polar surface area (TPSA) is 95.4 Å². The predicted octanol–water partition coefficient (Wildman–Crippen LogP) is 4.59. The number of carboxylic acid groups (broad SMARTS) is 1. The standard InChI is InChI=1S/C25H25F3N4O3/c1-4-20-19(14-22(33)34)23(32(2)3)31-21(30-20)13-15-5-11-18(12-6-15)29-24(35)16-7-9-17(10-8-16)25(26,27)28/h5-12H,4,13-14H2,1-3H3,(H,29,35)(H,33,34). The summed E-state index contributed by atoms with van der Waals surface area (Å²) in [5.74, 6) is -0.365. The van der Waals surface area contributed by atoms with Gasteiger partial charge in [-0.1, -0.05) is 19.1 Å². The Kier molecular flexibility index (Phi) is 7.73. The number of hydrogen-bond donors (Lipinski definition) is 2. The maximum Gasteiger partial charge on any atom is 0.416 e. The van der Waals surface area contributed by atoms with Gasteiger partial charge < -0.3 is 15.3 Å². The van der Waals surface area contributed by atoms with Gasteiger partial charge in [0.15, 0.2) is 0 Å². The van der Waals surface area contributed by atoms with Gasteiger partial charge in [-0.2, -0.15) is 13.2 Å². The van der Waals surface area contributed by atoms with Crippen molar-refractivity contribution in [3.8, 4) is 0 Å². The Hall–Kier alpha value is -3.95. The number of alkyl halides is 3. The lowest BCUT2D eigenvalue weighted by Gasteiger charge is -2.19. The minimum absolute atomic E-state index is 0.111. The van der Waals surface area contributed by atoms with Crippen molar-refractivity contribution in [3.63, 3.8) is 0 Å². The number of carbonyl (C=O) groups is 2. The van der Waals surface area contributed by atoms with Crippen LogP contribution in [-0.2, 0) is 30.2 Å². The molecule has 1 aromatic heterocycles. The Morgan fingerprint density at radius 1 is 1.00 bits per heavy atom. The fourth-order valence-corrected chi connectivity index (χ4v) is 3.54. The van der Waals surface area contributed by atoms with Crippen LogP contribution < -0.4 is 10.2 Å². The molecule has 184 valence electrons. The Morgan fingerprint density at radius 2 is 1.63 bits per heavy atom. The first kappa shape index (κ1) is 25.7. The molecular formula is C25H25F3N4O3. The Labute approximate surface area is 200 Å². The van der Waals surface area contributed by atoms with E-state index in [-0.39, 0.29) is 12.0 Å². The van der Waals surface area contributed by atoms with E-state index >= 15 is 0 Å². The molecule has 35 heavy (non-hydrogen) atoms. The first-order valence-electron chi connectivity index (χ1n) is 10.8. The normalized spacial score (nSPS) is 11.3. The molecule has 0 aliphatic rings. The number of anilines is 2. The Morgan fingerprint density at radius 3 is 2.14 bits per heavy atom. The second-order valence-corrected chi connectivity index (χ2v) is 8.11. The van der Waals surface area contributed by atoms with Crippen LogP contribution in [0.4, 0.5) is 24.7 Å². The fraction of sp³-hybridized carbons (Fsp3) is 0.280. The predicted molar refractivity (Wildman–Crippen MR) is 126 cm³/mol. The van der Waals surface area contributed by atoms with Crippen molar-refractivity contribution in [2.24, 2.45) is 0 Å². The van der Waals surface area contributed by atoms with E-state index in [1.807, 2.05) is 6.92 Å². The van der Waals surface area contributed by atoms with Gasteiger partial charge in [-0.3, -0.25) is 9.59 Å². The third-order valence-electron chi connectivity index (χ3n) is 5.25. The average Bonchev–Trinajstić information content (AvgIpc) is 2.80. The molecule has 2 aromatic carbocycles. The SMILES string of the molecule is CCc1nc(Cc2ccc(NC(=O)c3ccc(C(F)(F)F)cc3)cc2)nc(N(C)C)c1CC(=O)O. The molecule has 7 nitrogen and oxygen atoms in total. The number of aliphatic carboxylic acids is 1. The minimum Gasteiger partial charge on any atom is -0.481 e. The molecule has 0 unspecified atom stereocenters. The first-order chi connectivity index (χ1) is 16.5. The van der Waals surface area contributed by atoms with Gasteiger partial charge in [0.05, 0.1) is 12.0 Å². The molecule has 1 heterocycles. The fourth-order valence-electron chi connectivity index (χ4n) is 3.54. The number of nitrogens with zero attached hydrogens (tertiary/aromatic N) is 3. The van der Waals surface area contributed by atoms with E-state index in [0.717, 1.165) is 29.8 Å². The van der Waals surface area contributed by atoms with E-state index in [9.17, 15) is 27.9 Å². The van der Waals surface area contributed by atoms with Gasteiger partial charge in [0.1, 0.15) is 11.6 Å². The van der Waals surface area contributed by atoms with Crippen molar-refractivity contribution in [2.75, 3.05) is 24.3 Å². The van der Waals surface area contributed by atoms with Crippen LogP contribution in [0.3, 0.4) is 0 Å². The van der Waals surface area contributed by atoms with Gasteiger partial charge in [-0.15, -0.1) is 0 Å². The van der Waals surface area contributed by atoms with Crippen LogP contribution in [0.25, 0.3) is 0 Å². The summed E-state index contributed by atoms with van der Waals surface area (Å²) in [6.07, 6.45) is -3.66. The molecule has 2 N–H and O–H groups in total. The molecule has 0 atom stereocenters. The van der Waals surface area contributed by atoms with Crippen LogP contribution in [-0.4, -0.2) is 41.0 Å². The lowest BCUT2D eigenvalue weighted by molar-refractivity contribution is -0.138. The number of amides is 1. The second kappa shape index (κ2) is 10.5. The number of carboxylic acids is 1. The van der Waals surface area contributed by atoms with E-state index in [0.29, 0.717) is 41.4 Å². The molecule has 0 saturated heterocycles. The average molecular weight is 486 g/mol. The number of hydrogen-bond acceptors (Lipinski definition) is 5. The number of aryl methyl sites for hydroxylation is 1. The summed E-state index contributed by atoms with van der Waals surface area (Å²) in [6, 6.07) is 10.9. The lowest BCUT2D eigenvalue weighted by Crippen LogP contribution is -2.19. The van der Waals surface area contributed by atoms with Crippen molar-refractivity contribution in [2.45, 2.75) is 32.4 Å². The molecule has 0 saturated carbocycles. The van der Waals surface area contributed by atoms with Crippen LogP contribution in [0, 0.1) is 0 Å². The van der Waals surface area contributed by atoms with Crippen LogP contribution in [0.1, 0.15) is 45.5 Å². The van der Waals surface area contributed by atoms with E-state index in [1.165, 1.54) is 0 Å². The molecule has 0 aliphatic carbocycles. The molecule has 1 amide bonds. The van der Waals surface area contributed by atoms with Crippen molar-refractivity contribution in [1.29, 1.82) is 0 Å². The Bertz CT molecular complexity index is 1210. The second-order valence-electron chi connectivity index (χ2n) is 8.11. The van der Waals surface area contributed by atoms with Crippen LogP contribution in [0.15, 0.2) is 48.5 Å². The number of aromatic nitrogens is 2. The summed E-state index contributed by atoms with van der Waals surface area (Å²) in [7, 11) is 3.59. The van der Waals surface area contributed by atoms with Crippen molar-refractivity contribution < 1.29 is 27.9 Å². The highest BCUT2D eigenvalue weighted by molar-refractivity contribution is 6.04. The summed E-state index contributed by atoms with van der Waals surface area (Å²) >= 11 is 0. The van der Waals surface area contributed by atoms with Gasteiger partial charge in [-0.05, 0) is 48.4 Å². The van der Waals surface area contributed by atoms with Gasteiger partial charge >= 0.3 is 12.1 Å². The quantitative estimate of drug-likeness (QED) is 0.484. The number of benzene rings is 2. The molecule has 0 spiro atoms. The number of rotatable bonds is 8. The lowest BCUT2D eigenvalue weighted by atomic mass is 10.1. The van der Waals surface area contributed by atoms with Crippen LogP contribution in [0.5, 0.6) is 0 Å². The molecule has 0 bridgehead atoms. The number of carbonyl (C=O) groups excluding carboxylic acids is 1. The highest BCUT2D eigenvalue weighted by atomic mass is 19.4. The van der Waals surface area contributed by atoms with Crippen LogP contribution >= 0.6 is 0 Å². The van der Waals surface area contributed by atoms with E-state index < -0.39 is 23.6 Å². The van der Waals surface area contributed by atoms with Gasteiger partial charge in [0.2, 0.25) is 0 Å². The number of nitrogens with one attached hydrogen (secondary N) is 1. The molecule has 10 heteroatoms. The van der Waals surface area contributed by atoms with Gasteiger partial charge in [-0.25, -0.2) is 9.97 Å². The van der Waals surface area contributed by atoms with Gasteiger partial charge in [0.25, 0.3) is 5.91 Å². The van der Waals surface area contributed by atoms with E-state index in [4.69, 9.17) is 0 Å². The largest absolute Gasteiger partial charge is 0.481 e. The summed E-state index contributed by atoms with van der Waals surface area (Å²) in [6.45, 7) is 1.91. The minimum atomic E-state index is -4.46. The molecule has 0 aliphatic heterocycles. The third-order valence-corrected chi connectivity index (χ3v) is 5.25. The van der Waals surface area contributed by atoms with Crippen molar-refractivity contribution in [1.82, 2.24) is 9.97 Å². The van der Waals surface area contributed by atoms with Crippen molar-refractivity contribution in [3.05, 3.63) is 82.3 Å². The van der Waals surface area contributed by atoms with E-state index in [1.54, 1.807) is 43.3 Å². The monoisotopic (exact) mass is 486 g/mol. The molecule has 3 aromatic rings. The maximum atomic E-state index is 12.7. The Balaban J connectivity index is 1.74. The third kappa shape index (κ3) is 6.56. The first-order valence-corrected chi connectivity index (χ1v) is 10.8. The highest BCUT2D eigenvalue weighted by Gasteiger charge is 2.30. The summed E-state index contributed by atoms with van der Waals surface area (Å²) < 4.78 is 38.1. The molecular weight excluding hydrogens is 461 g/mol. The smallest absolute Gasteiger partial charge is 0.416 e. The zero-order valence-corrected chi connectivity index (χ0v) is 19.5. The zero-order valence-electron chi connectivity index (χ0n) is 19.5. The summed E-state index contributed by atoms with van der Waals surface area (Å²) in [4.78, 5) is 34.6. The summed E-state index contributed by atoms with van der Waals surface area (Å²) in [5.41, 5.74) is 1.92. The zero-order chi connectivity index (χ0) is 25.8. The molecule has 0 radical (unpaired) electrons. The molecule has 0 fully saturated rings. The maximum absolute atomic E-state index is 12.7. The van der Waals surface area contributed by atoms with E-state index in [2.05, 4.69) is 15.3 Å². The van der Waals surface area contributed by atoms with Gasteiger partial charge in [0, 0.05) is 43.0 Å². The number of halogens is 3. The molecule has 3 rings (SSSR count). The summed E-state index contributed by atoms with van der Waals surface area (Å²) in [5, 5.41) is 11.9. The van der Waals surface area contributed by atoms with Crippen molar-refractivity contribution >= 4 is 23.4 Å². The van der Waals surface area contributed by atoms with Crippen LogP contribution in [0.2, 0.25) is 0 Å².